The number of rotatable bonds is 9. The van der Waals surface area contributed by atoms with Gasteiger partial charge in [0, 0.05) is 30.8 Å². The highest BCUT2D eigenvalue weighted by atomic mass is 28.3. The first-order valence-electron chi connectivity index (χ1n) is 19.0. The minimum absolute atomic E-state index is 0.0915. The van der Waals surface area contributed by atoms with E-state index < -0.39 is 21.7 Å². The lowest BCUT2D eigenvalue weighted by atomic mass is 9.74. The van der Waals surface area contributed by atoms with Crippen molar-refractivity contribution in [2.24, 2.45) is 0 Å². The zero-order chi connectivity index (χ0) is 38.6. The number of methoxy groups -OCH3 is 2. The molecule has 5 rings (SSSR count). The normalized spacial score (nSPS) is 21.8. The fourth-order valence-electron chi connectivity index (χ4n) is 7.14. The summed E-state index contributed by atoms with van der Waals surface area (Å²) in [6.07, 6.45) is 14.7. The number of hydrogen-bond acceptors (Lipinski definition) is 3. The molecule has 3 aromatic rings. The highest BCUT2D eigenvalue weighted by molar-refractivity contribution is 6.84. The number of aliphatic hydroxyl groups is 1. The molecule has 0 saturated heterocycles. The molecule has 2 aliphatic rings. The van der Waals surface area contributed by atoms with Crippen LogP contribution in [0.5, 0.6) is 0 Å². The standard InChI is InChI=1S/C48H58O3Si2/c1-12-46(50-4)39-19-23-43(24-20-39)48(51-5)29-27-47(3,28-30-48)42-21-17-38(18-22-42)45-34-40(25-31-52(6,7)8)44(33-41(45)26-32-53(9,10)11)37-15-13-36(14-16-37)35(2)49/h13,17-24,27-30,33-34,37,46,49H,2,12,14-16H2,1,3-11H3. The maximum atomic E-state index is 10.0. The Bertz CT molecular complexity index is 2010. The number of ether oxygens (including phenoxy) is 2. The monoisotopic (exact) mass is 738 g/mol. The van der Waals surface area contributed by atoms with Crippen LogP contribution in [0.25, 0.3) is 11.1 Å². The molecule has 0 fully saturated rings. The van der Waals surface area contributed by atoms with Gasteiger partial charge in [-0.05, 0) is 102 Å². The SMILES string of the molecule is C=C(O)C1=CCC(c2cc(C#C[Si](C)(C)C)c(-c3ccc(C4(C)C=CC(OC)(c5ccc(C(CC)OC)cc5)C=C4)cc3)cc2C#C[Si](C)(C)C)CC1. The van der Waals surface area contributed by atoms with E-state index in [4.69, 9.17) is 9.47 Å². The van der Waals surface area contributed by atoms with Gasteiger partial charge in [-0.1, -0.05) is 131 Å². The molecule has 276 valence electrons. The van der Waals surface area contributed by atoms with Crippen LogP contribution in [0.4, 0.5) is 0 Å². The van der Waals surface area contributed by atoms with E-state index in [0.29, 0.717) is 5.92 Å². The molecular weight excluding hydrogens is 681 g/mol. The molecule has 53 heavy (non-hydrogen) atoms. The Morgan fingerprint density at radius 1 is 0.849 bits per heavy atom. The second kappa shape index (κ2) is 16.1. The molecule has 0 bridgehead atoms. The van der Waals surface area contributed by atoms with Gasteiger partial charge in [0.15, 0.2) is 0 Å². The van der Waals surface area contributed by atoms with Gasteiger partial charge in [0.2, 0.25) is 0 Å². The molecule has 3 nitrogen and oxygen atoms in total. The first-order chi connectivity index (χ1) is 25.0. The third-order valence-electron chi connectivity index (χ3n) is 10.5. The van der Waals surface area contributed by atoms with Gasteiger partial charge >= 0.3 is 0 Å². The molecule has 2 unspecified atom stereocenters. The highest BCUT2D eigenvalue weighted by Gasteiger charge is 2.34. The minimum Gasteiger partial charge on any atom is -0.508 e. The van der Waals surface area contributed by atoms with Crippen LogP contribution >= 0.6 is 0 Å². The molecule has 2 atom stereocenters. The number of allylic oxidation sites excluding steroid dienone is 4. The van der Waals surface area contributed by atoms with Crippen LogP contribution in [0.1, 0.15) is 84.9 Å². The molecule has 0 radical (unpaired) electrons. The average molecular weight is 739 g/mol. The Labute approximate surface area is 322 Å². The molecule has 0 amide bonds. The Kier molecular flexibility index (Phi) is 12.2. The maximum absolute atomic E-state index is 10.0. The van der Waals surface area contributed by atoms with Crippen molar-refractivity contribution in [2.45, 2.75) is 102 Å². The van der Waals surface area contributed by atoms with Crippen LogP contribution in [0, 0.1) is 22.9 Å². The molecule has 0 aliphatic heterocycles. The zero-order valence-corrected chi connectivity index (χ0v) is 35.6. The quantitative estimate of drug-likeness (QED) is 0.103. The Balaban J connectivity index is 1.52. The van der Waals surface area contributed by atoms with Crippen LogP contribution in [0.15, 0.2) is 109 Å². The van der Waals surface area contributed by atoms with Crippen LogP contribution < -0.4 is 0 Å². The molecular formula is C48H58O3Si2. The van der Waals surface area contributed by atoms with Gasteiger partial charge in [-0.3, -0.25) is 0 Å². The van der Waals surface area contributed by atoms with Gasteiger partial charge in [-0.25, -0.2) is 0 Å². The van der Waals surface area contributed by atoms with E-state index in [-0.39, 0.29) is 17.3 Å². The van der Waals surface area contributed by atoms with E-state index in [1.54, 1.807) is 14.2 Å². The molecule has 1 N–H and O–H groups in total. The van der Waals surface area contributed by atoms with Crippen molar-refractivity contribution in [2.75, 3.05) is 14.2 Å². The lowest BCUT2D eigenvalue weighted by Gasteiger charge is -2.35. The molecule has 3 aromatic carbocycles. The van der Waals surface area contributed by atoms with Crippen molar-refractivity contribution >= 4 is 16.1 Å². The highest BCUT2D eigenvalue weighted by Crippen LogP contribution is 2.41. The first-order valence-corrected chi connectivity index (χ1v) is 26.0. The summed E-state index contributed by atoms with van der Waals surface area (Å²) in [7, 11) is 0.250. The van der Waals surface area contributed by atoms with Gasteiger partial charge in [0.25, 0.3) is 0 Å². The zero-order valence-electron chi connectivity index (χ0n) is 33.6. The van der Waals surface area contributed by atoms with E-state index in [9.17, 15) is 5.11 Å². The Morgan fingerprint density at radius 2 is 1.43 bits per heavy atom. The van der Waals surface area contributed by atoms with Gasteiger partial charge in [0.1, 0.15) is 27.5 Å². The lowest BCUT2D eigenvalue weighted by Crippen LogP contribution is -2.30. The summed E-state index contributed by atoms with van der Waals surface area (Å²) in [4.78, 5) is 0. The second-order valence-corrected chi connectivity index (χ2v) is 26.4. The van der Waals surface area contributed by atoms with Crippen molar-refractivity contribution in [1.82, 2.24) is 0 Å². The molecule has 5 heteroatoms. The van der Waals surface area contributed by atoms with Gasteiger partial charge in [0.05, 0.1) is 6.10 Å². The van der Waals surface area contributed by atoms with Crippen LogP contribution in [0.2, 0.25) is 39.3 Å². The van der Waals surface area contributed by atoms with E-state index >= 15 is 0 Å². The third-order valence-corrected chi connectivity index (χ3v) is 12.2. The molecule has 0 spiro atoms. The summed E-state index contributed by atoms with van der Waals surface area (Å²) in [6.45, 7) is 21.9. The number of benzene rings is 3. The van der Waals surface area contributed by atoms with Crippen molar-refractivity contribution in [3.8, 4) is 34.1 Å². The molecule has 0 aromatic heterocycles. The predicted octanol–water partition coefficient (Wildman–Crippen LogP) is 12.1. The van der Waals surface area contributed by atoms with Gasteiger partial charge in [-0.15, -0.1) is 11.1 Å². The topological polar surface area (TPSA) is 38.7 Å². The van der Waals surface area contributed by atoms with Crippen LogP contribution in [-0.2, 0) is 20.5 Å². The summed E-state index contributed by atoms with van der Waals surface area (Å²) in [6, 6.07) is 22.2. The van der Waals surface area contributed by atoms with Crippen molar-refractivity contribution in [3.63, 3.8) is 0 Å². The van der Waals surface area contributed by atoms with Crippen molar-refractivity contribution < 1.29 is 14.6 Å². The largest absolute Gasteiger partial charge is 0.508 e. The van der Waals surface area contributed by atoms with E-state index in [1.165, 1.54) is 16.7 Å². The third kappa shape index (κ3) is 9.53. The van der Waals surface area contributed by atoms with E-state index in [0.717, 1.165) is 59.1 Å². The summed E-state index contributed by atoms with van der Waals surface area (Å²) in [5, 5.41) is 10.0. The fourth-order valence-corrected chi connectivity index (χ4v) is 8.16. The first kappa shape index (κ1) is 40.1. The molecule has 0 saturated carbocycles. The van der Waals surface area contributed by atoms with Gasteiger partial charge in [-0.2, -0.15) is 0 Å². The second-order valence-electron chi connectivity index (χ2n) is 16.9. The predicted molar refractivity (Wildman–Crippen MR) is 230 cm³/mol. The summed E-state index contributed by atoms with van der Waals surface area (Å²) < 4.78 is 11.8. The fraction of sp³-hybridized carbons (Fsp3) is 0.375. The molecule has 0 heterocycles. The van der Waals surface area contributed by atoms with Crippen molar-refractivity contribution in [3.05, 3.63) is 142 Å². The number of hydrogen-bond donors (Lipinski definition) is 1. The average Bonchev–Trinajstić information content (AvgIpc) is 3.14. The number of aliphatic hydroxyl groups excluding tert-OH is 1. The minimum atomic E-state index is -1.65. The van der Waals surface area contributed by atoms with Crippen LogP contribution in [-0.4, -0.2) is 35.5 Å². The Morgan fingerprint density at radius 3 is 1.92 bits per heavy atom. The van der Waals surface area contributed by atoms with Gasteiger partial charge < -0.3 is 14.6 Å². The lowest BCUT2D eigenvalue weighted by molar-refractivity contribution is 0.0696. The van der Waals surface area contributed by atoms with E-state index in [2.05, 4.69) is 174 Å². The van der Waals surface area contributed by atoms with Crippen molar-refractivity contribution in [1.29, 1.82) is 0 Å². The van der Waals surface area contributed by atoms with Crippen LogP contribution in [0.3, 0.4) is 0 Å². The summed E-state index contributed by atoms with van der Waals surface area (Å²) in [5.74, 6) is 7.80. The Hall–Kier alpha value is -4.11. The summed E-state index contributed by atoms with van der Waals surface area (Å²) in [5.41, 5.74) is 16.5. The molecule has 2 aliphatic carbocycles. The maximum Gasteiger partial charge on any atom is 0.129 e. The smallest absolute Gasteiger partial charge is 0.129 e. The van der Waals surface area contributed by atoms with E-state index in [1.807, 2.05) is 0 Å². The summed E-state index contributed by atoms with van der Waals surface area (Å²) >= 11 is 0.